The first-order valence-corrected chi connectivity index (χ1v) is 14.7. The van der Waals surface area contributed by atoms with Crippen LogP contribution in [0.3, 0.4) is 0 Å². The van der Waals surface area contributed by atoms with Crippen LogP contribution in [-0.2, 0) is 9.30 Å². The second-order valence-electron chi connectivity index (χ2n) is 10.4. The van der Waals surface area contributed by atoms with E-state index in [0.29, 0.717) is 6.61 Å². The second-order valence-corrected chi connectivity index (χ2v) is 11.4. The average Bonchev–Trinajstić information content (AvgIpc) is 2.74. The summed E-state index contributed by atoms with van der Waals surface area (Å²) < 4.78 is 15.0. The van der Waals surface area contributed by atoms with Crippen LogP contribution in [0.1, 0.15) is 111 Å². The van der Waals surface area contributed by atoms with Crippen molar-refractivity contribution in [1.29, 1.82) is 0 Å². The Kier molecular flexibility index (Phi) is 23.5. The molecule has 0 aromatic rings. The van der Waals surface area contributed by atoms with Gasteiger partial charge in [-0.05, 0) is 24.7 Å². The summed E-state index contributed by atoms with van der Waals surface area (Å²) in [6.45, 7) is 9.00. The number of hydrogen-bond acceptors (Lipinski definition) is 5. The molecule has 0 aromatic heterocycles. The molecule has 34 heavy (non-hydrogen) atoms. The first-order chi connectivity index (χ1) is 15.9. The smallest absolute Gasteiger partial charge is 0.396 e. The number of rotatable bonds is 21. The van der Waals surface area contributed by atoms with Crippen molar-refractivity contribution in [3.8, 4) is 0 Å². The van der Waals surface area contributed by atoms with E-state index in [0.717, 1.165) is 43.9 Å². The number of aliphatic hydroxyl groups excluding tert-OH is 3. The fourth-order valence-electron chi connectivity index (χ4n) is 3.84. The molecule has 0 aliphatic carbocycles. The molecule has 8 nitrogen and oxygen atoms in total. The van der Waals surface area contributed by atoms with Gasteiger partial charge in [-0.3, -0.25) is 0 Å². The first kappa shape index (κ1) is 36.1. The zero-order valence-electron chi connectivity index (χ0n) is 22.2. The molecule has 0 radical (unpaired) electrons. The molecule has 0 saturated carbocycles. The average molecular weight is 515 g/mol. The van der Waals surface area contributed by atoms with Crippen molar-refractivity contribution in [3.63, 3.8) is 0 Å². The molecular weight excluding hydrogens is 459 g/mol. The van der Waals surface area contributed by atoms with E-state index in [1.807, 2.05) is 0 Å². The van der Waals surface area contributed by atoms with Crippen LogP contribution in [0.15, 0.2) is 0 Å². The van der Waals surface area contributed by atoms with Crippen molar-refractivity contribution in [3.05, 3.63) is 0 Å². The lowest BCUT2D eigenvalue weighted by Gasteiger charge is -2.36. The maximum atomic E-state index is 9.82. The van der Waals surface area contributed by atoms with Gasteiger partial charge in [0.05, 0.1) is 31.3 Å². The van der Waals surface area contributed by atoms with Gasteiger partial charge >= 0.3 is 7.82 Å². The lowest BCUT2D eigenvalue weighted by Crippen LogP contribution is -2.46. The van der Waals surface area contributed by atoms with E-state index in [1.165, 1.54) is 51.4 Å². The molecule has 208 valence electrons. The van der Waals surface area contributed by atoms with E-state index in [-0.39, 0.29) is 25.9 Å². The van der Waals surface area contributed by atoms with Crippen LogP contribution in [0.5, 0.6) is 0 Å². The number of phosphoric acid groups is 1. The Morgan fingerprint density at radius 1 is 0.618 bits per heavy atom. The molecule has 0 rings (SSSR count). The zero-order chi connectivity index (χ0) is 26.5. The number of ether oxygens (including phenoxy) is 1. The summed E-state index contributed by atoms with van der Waals surface area (Å²) in [5.41, 5.74) is -0.936. The van der Waals surface area contributed by atoms with Crippen LogP contribution in [0.2, 0.25) is 0 Å². The van der Waals surface area contributed by atoms with Crippen molar-refractivity contribution >= 4 is 7.82 Å². The van der Waals surface area contributed by atoms with Crippen LogP contribution >= 0.6 is 7.82 Å². The minimum Gasteiger partial charge on any atom is -0.396 e. The van der Waals surface area contributed by atoms with Gasteiger partial charge < -0.3 is 34.7 Å². The van der Waals surface area contributed by atoms with Crippen molar-refractivity contribution in [2.24, 2.45) is 17.3 Å². The lowest BCUT2D eigenvalue weighted by molar-refractivity contribution is -0.117. The second kappa shape index (κ2) is 22.2. The maximum absolute atomic E-state index is 9.82. The van der Waals surface area contributed by atoms with Crippen LogP contribution in [0.4, 0.5) is 0 Å². The van der Waals surface area contributed by atoms with Gasteiger partial charge in [0.25, 0.3) is 0 Å². The van der Waals surface area contributed by atoms with E-state index < -0.39 is 13.2 Å². The maximum Gasteiger partial charge on any atom is 0.466 e. The largest absolute Gasteiger partial charge is 0.466 e. The van der Waals surface area contributed by atoms with E-state index in [9.17, 15) is 15.3 Å². The van der Waals surface area contributed by atoms with Crippen molar-refractivity contribution in [2.75, 3.05) is 26.4 Å². The molecule has 0 amide bonds. The Morgan fingerprint density at radius 3 is 1.29 bits per heavy atom. The van der Waals surface area contributed by atoms with Crippen LogP contribution < -0.4 is 0 Å². The number of aliphatic hydroxyl groups is 3. The standard InChI is InChI=1S/C25H52O4.H3O4P/c1-22(2)15-11-7-5-9-13-17-24(25(19-26,20-27)21-28)29-18-14-10-6-8-12-16-23(3)4;1-5(2,3)4/h22-24,26-28H,5-21H2,1-4H3;(H3,1,2,3,4). The summed E-state index contributed by atoms with van der Waals surface area (Å²) in [7, 11) is -4.64. The van der Waals surface area contributed by atoms with Crippen molar-refractivity contribution < 1.29 is 39.3 Å². The molecule has 0 heterocycles. The molecule has 9 heteroatoms. The normalized spacial score (nSPS) is 13.3. The topological polar surface area (TPSA) is 148 Å². The molecule has 0 saturated heterocycles. The number of hydrogen-bond donors (Lipinski definition) is 6. The highest BCUT2D eigenvalue weighted by Crippen LogP contribution is 2.28. The highest BCUT2D eigenvalue weighted by atomic mass is 31.2. The van der Waals surface area contributed by atoms with Crippen LogP contribution in [-0.4, -0.2) is 62.5 Å². The predicted molar refractivity (Wildman–Crippen MR) is 137 cm³/mol. The Labute approximate surface area is 208 Å². The third kappa shape index (κ3) is 23.7. The highest BCUT2D eigenvalue weighted by Gasteiger charge is 2.38. The molecule has 0 aliphatic rings. The summed E-state index contributed by atoms with van der Waals surface area (Å²) in [4.78, 5) is 21.6. The molecule has 0 bridgehead atoms. The minimum absolute atomic E-state index is 0.242. The summed E-state index contributed by atoms with van der Waals surface area (Å²) in [5.74, 6) is 1.57. The van der Waals surface area contributed by atoms with Gasteiger partial charge in [-0.2, -0.15) is 0 Å². The number of unbranched alkanes of at least 4 members (excludes halogenated alkanes) is 8. The van der Waals surface area contributed by atoms with Gasteiger partial charge in [-0.15, -0.1) is 0 Å². The van der Waals surface area contributed by atoms with Gasteiger partial charge in [0.15, 0.2) is 0 Å². The van der Waals surface area contributed by atoms with Crippen LogP contribution in [0.25, 0.3) is 0 Å². The third-order valence-corrected chi connectivity index (χ3v) is 6.12. The molecule has 0 fully saturated rings. The Balaban J connectivity index is 0. The predicted octanol–water partition coefficient (Wildman–Crippen LogP) is 4.79. The molecule has 6 N–H and O–H groups in total. The first-order valence-electron chi connectivity index (χ1n) is 13.1. The molecule has 0 aromatic carbocycles. The molecule has 0 aliphatic heterocycles. The van der Waals surface area contributed by atoms with Crippen molar-refractivity contribution in [2.45, 2.75) is 117 Å². The van der Waals surface area contributed by atoms with Crippen molar-refractivity contribution in [1.82, 2.24) is 0 Å². The minimum atomic E-state index is -4.64. The van der Waals surface area contributed by atoms with Gasteiger partial charge in [0.1, 0.15) is 0 Å². The van der Waals surface area contributed by atoms with E-state index in [2.05, 4.69) is 27.7 Å². The third-order valence-electron chi connectivity index (χ3n) is 6.12. The highest BCUT2D eigenvalue weighted by molar-refractivity contribution is 7.45. The summed E-state index contributed by atoms with van der Waals surface area (Å²) in [5, 5.41) is 29.4. The van der Waals surface area contributed by atoms with E-state index in [1.54, 1.807) is 0 Å². The monoisotopic (exact) mass is 514 g/mol. The fraction of sp³-hybridized carbons (Fsp3) is 1.00. The van der Waals surface area contributed by atoms with Gasteiger partial charge in [0.2, 0.25) is 0 Å². The Morgan fingerprint density at radius 2 is 0.941 bits per heavy atom. The van der Waals surface area contributed by atoms with Gasteiger partial charge in [-0.1, -0.05) is 98.3 Å². The molecule has 1 unspecified atom stereocenters. The fourth-order valence-corrected chi connectivity index (χ4v) is 3.84. The summed E-state index contributed by atoms with van der Waals surface area (Å²) in [6.07, 6.45) is 15.1. The summed E-state index contributed by atoms with van der Waals surface area (Å²) >= 11 is 0. The van der Waals surface area contributed by atoms with Gasteiger partial charge in [-0.25, -0.2) is 4.57 Å². The quantitative estimate of drug-likeness (QED) is 0.0946. The molecule has 1 atom stereocenters. The lowest BCUT2D eigenvalue weighted by atomic mass is 9.81. The zero-order valence-corrected chi connectivity index (χ0v) is 23.1. The van der Waals surface area contributed by atoms with Crippen LogP contribution in [0, 0.1) is 17.3 Å². The Bertz CT molecular complexity index is 461. The SMILES string of the molecule is CC(C)CCCCCCCOC(CCCCCCCC(C)C)C(CO)(CO)CO.O=P(O)(O)O. The Hall–Kier alpha value is -0.0500. The van der Waals surface area contributed by atoms with E-state index >= 15 is 0 Å². The van der Waals surface area contributed by atoms with Gasteiger partial charge in [0, 0.05) is 6.61 Å². The molecule has 0 spiro atoms. The molecular formula is C25H55O8P. The van der Waals surface area contributed by atoms with E-state index in [4.69, 9.17) is 24.0 Å². The summed E-state index contributed by atoms with van der Waals surface area (Å²) in [6, 6.07) is 0.